The number of rotatable bonds is 9. The Labute approximate surface area is 276 Å². The van der Waals surface area contributed by atoms with Gasteiger partial charge in [-0.15, -0.1) is 0 Å². The summed E-state index contributed by atoms with van der Waals surface area (Å²) in [6, 6.07) is 10.9. The summed E-state index contributed by atoms with van der Waals surface area (Å²) >= 11 is 0. The Morgan fingerprint density at radius 3 is 2.34 bits per heavy atom. The van der Waals surface area contributed by atoms with Gasteiger partial charge in [0, 0.05) is 26.7 Å². The molecule has 3 fully saturated rings. The number of anilines is 2. The molecule has 1 unspecified atom stereocenters. The zero-order valence-corrected chi connectivity index (χ0v) is 27.5. The van der Waals surface area contributed by atoms with Crippen molar-refractivity contribution in [2.75, 3.05) is 50.8 Å². The van der Waals surface area contributed by atoms with E-state index in [1.54, 1.807) is 36.5 Å². The van der Waals surface area contributed by atoms with E-state index in [2.05, 4.69) is 9.80 Å². The second kappa shape index (κ2) is 13.0. The zero-order chi connectivity index (χ0) is 32.7. The van der Waals surface area contributed by atoms with Crippen molar-refractivity contribution in [1.29, 1.82) is 0 Å². The number of phenols is 1. The van der Waals surface area contributed by atoms with Gasteiger partial charge < -0.3 is 24.4 Å². The summed E-state index contributed by atoms with van der Waals surface area (Å²) in [5.74, 6) is 3.35. The lowest BCUT2D eigenvalue weighted by Crippen LogP contribution is -2.41. The van der Waals surface area contributed by atoms with Crippen LogP contribution in [0.1, 0.15) is 67.7 Å². The van der Waals surface area contributed by atoms with Crippen LogP contribution in [-0.2, 0) is 16.0 Å². The maximum Gasteiger partial charge on any atom is 0.237 e. The van der Waals surface area contributed by atoms with Crippen molar-refractivity contribution >= 4 is 23.5 Å². The zero-order valence-electron chi connectivity index (χ0n) is 27.5. The maximum absolute atomic E-state index is 13.9. The molecule has 3 aromatic rings. The number of phenolic OH excluding ortho intramolecular Hbond substituents is 1. The predicted octanol–water partition coefficient (Wildman–Crippen LogP) is 4.53. The Kier molecular flexibility index (Phi) is 8.65. The molecule has 4 aliphatic rings. The van der Waals surface area contributed by atoms with Crippen LogP contribution < -0.4 is 19.3 Å². The molecule has 2 aromatic carbocycles. The number of hydrogen-bond donors (Lipinski definition) is 1. The first-order valence-electron chi connectivity index (χ1n) is 16.8. The van der Waals surface area contributed by atoms with E-state index in [9.17, 15) is 14.7 Å². The highest BCUT2D eigenvalue weighted by Crippen LogP contribution is 2.44. The van der Waals surface area contributed by atoms with Crippen molar-refractivity contribution in [1.82, 2.24) is 19.8 Å². The topological polar surface area (TPSA) is 112 Å². The minimum Gasteiger partial charge on any atom is -0.508 e. The van der Waals surface area contributed by atoms with Crippen LogP contribution in [0.5, 0.6) is 17.2 Å². The van der Waals surface area contributed by atoms with E-state index < -0.39 is 6.04 Å². The molecule has 11 heteroatoms. The van der Waals surface area contributed by atoms with Gasteiger partial charge in [0.1, 0.15) is 11.6 Å². The second-order valence-corrected chi connectivity index (χ2v) is 13.6. The molecule has 2 aliphatic heterocycles. The number of aromatic hydroxyl groups is 1. The summed E-state index contributed by atoms with van der Waals surface area (Å²) in [7, 11) is 5.55. The minimum absolute atomic E-state index is 0.0941. The normalized spacial score (nSPS) is 23.4. The lowest BCUT2D eigenvalue weighted by molar-refractivity contribution is -0.125. The minimum atomic E-state index is -0.486. The second-order valence-electron chi connectivity index (χ2n) is 13.6. The van der Waals surface area contributed by atoms with Crippen LogP contribution in [0.2, 0.25) is 0 Å². The van der Waals surface area contributed by atoms with E-state index in [0.717, 1.165) is 80.7 Å². The number of carbonyl (C=O) groups is 2. The number of likely N-dealkylation sites (N-methyl/N-ethyl adjacent to an activating group) is 1. The molecule has 2 saturated carbocycles. The van der Waals surface area contributed by atoms with Crippen LogP contribution in [-0.4, -0.2) is 89.8 Å². The summed E-state index contributed by atoms with van der Waals surface area (Å²) in [6.45, 7) is 2.14. The smallest absolute Gasteiger partial charge is 0.237 e. The largest absolute Gasteiger partial charge is 0.508 e. The molecule has 2 aliphatic carbocycles. The van der Waals surface area contributed by atoms with E-state index >= 15 is 0 Å². The molecule has 2 amide bonds. The van der Waals surface area contributed by atoms with E-state index in [0.29, 0.717) is 35.8 Å². The van der Waals surface area contributed by atoms with Gasteiger partial charge in [-0.2, -0.15) is 0 Å². The summed E-state index contributed by atoms with van der Waals surface area (Å²) in [6.07, 6.45) is 11.4. The van der Waals surface area contributed by atoms with Gasteiger partial charge in [-0.25, -0.2) is 9.97 Å². The van der Waals surface area contributed by atoms with Crippen LogP contribution >= 0.6 is 0 Å². The third-order valence-electron chi connectivity index (χ3n) is 10.4. The van der Waals surface area contributed by atoms with Gasteiger partial charge in [-0.3, -0.25) is 19.4 Å². The highest BCUT2D eigenvalue weighted by molar-refractivity contribution is 5.97. The Morgan fingerprint density at radius 1 is 0.957 bits per heavy atom. The third kappa shape index (κ3) is 6.33. The first-order valence-corrected chi connectivity index (χ1v) is 16.8. The maximum atomic E-state index is 13.9. The van der Waals surface area contributed by atoms with Crippen molar-refractivity contribution < 1.29 is 24.2 Å². The molecular formula is C36H44N6O5. The lowest BCUT2D eigenvalue weighted by atomic mass is 9.85. The number of aromatic nitrogens is 2. The average Bonchev–Trinajstić information content (AvgIpc) is 3.40. The molecule has 1 aromatic heterocycles. The summed E-state index contributed by atoms with van der Waals surface area (Å²) in [5, 5.41) is 10.1. The van der Waals surface area contributed by atoms with E-state index in [4.69, 9.17) is 19.4 Å². The number of methoxy groups -OCH3 is 1. The first kappa shape index (κ1) is 31.2. The molecule has 1 atom stereocenters. The SMILES string of the molecule is COc1cc2c(cc1OC1CCC1)C(c1ccc(O)cc1)N(c1cnc(N(C)CC3CCC(N4CC(=O)N(C)C4)CC3)cn1)C(=O)C2. The number of hydrogen-bond acceptors (Lipinski definition) is 9. The summed E-state index contributed by atoms with van der Waals surface area (Å²) in [4.78, 5) is 43.4. The standard InChI is InChI=1S/C36H44N6O5/c1-39(20-23-7-11-26(12-8-23)41-21-35(45)40(2)22-41)32-18-38-33(19-37-32)42-34(44)16-25-15-30(46-3)31(47-28-5-4-6-28)17-29(25)36(42)24-9-13-27(43)14-10-24/h9-10,13-15,17-19,23,26,28,36,43H,4-8,11-12,16,20-22H2,1-3H3. The predicted molar refractivity (Wildman–Crippen MR) is 178 cm³/mol. The molecule has 248 valence electrons. The van der Waals surface area contributed by atoms with Crippen molar-refractivity contribution in [3.63, 3.8) is 0 Å². The monoisotopic (exact) mass is 640 g/mol. The summed E-state index contributed by atoms with van der Waals surface area (Å²) in [5.41, 5.74) is 2.67. The molecule has 0 bridgehead atoms. The summed E-state index contributed by atoms with van der Waals surface area (Å²) < 4.78 is 12.0. The molecule has 3 heterocycles. The van der Waals surface area contributed by atoms with Crippen molar-refractivity contribution in [3.8, 4) is 17.2 Å². The number of amides is 2. The van der Waals surface area contributed by atoms with Gasteiger partial charge in [0.2, 0.25) is 11.8 Å². The van der Waals surface area contributed by atoms with E-state index in [1.165, 1.54) is 0 Å². The molecule has 0 radical (unpaired) electrons. The number of benzene rings is 2. The van der Waals surface area contributed by atoms with Gasteiger partial charge in [0.25, 0.3) is 0 Å². The average molecular weight is 641 g/mol. The molecular weight excluding hydrogens is 596 g/mol. The van der Waals surface area contributed by atoms with Gasteiger partial charge in [0.05, 0.1) is 51.3 Å². The lowest BCUT2D eigenvalue weighted by Gasteiger charge is -2.38. The molecule has 7 rings (SSSR count). The van der Waals surface area contributed by atoms with Crippen LogP contribution in [0.3, 0.4) is 0 Å². The highest BCUT2D eigenvalue weighted by atomic mass is 16.5. The Hall–Kier alpha value is -4.38. The fourth-order valence-electron chi connectivity index (χ4n) is 7.47. The Morgan fingerprint density at radius 2 is 1.72 bits per heavy atom. The molecule has 47 heavy (non-hydrogen) atoms. The fraction of sp³-hybridized carbons (Fsp3) is 0.500. The van der Waals surface area contributed by atoms with E-state index in [-0.39, 0.29) is 30.1 Å². The number of carbonyl (C=O) groups excluding carboxylic acids is 2. The van der Waals surface area contributed by atoms with Crippen molar-refractivity contribution in [3.05, 3.63) is 65.5 Å². The Balaban J connectivity index is 1.10. The van der Waals surface area contributed by atoms with Crippen LogP contribution in [0, 0.1) is 5.92 Å². The number of nitrogens with zero attached hydrogens (tertiary/aromatic N) is 6. The third-order valence-corrected chi connectivity index (χ3v) is 10.4. The van der Waals surface area contributed by atoms with Crippen LogP contribution in [0.4, 0.5) is 11.6 Å². The fourth-order valence-corrected chi connectivity index (χ4v) is 7.47. The molecule has 11 nitrogen and oxygen atoms in total. The molecule has 1 saturated heterocycles. The quantitative estimate of drug-likeness (QED) is 0.361. The van der Waals surface area contributed by atoms with Crippen molar-refractivity contribution in [2.45, 2.75) is 69.6 Å². The molecule has 0 spiro atoms. The van der Waals surface area contributed by atoms with Gasteiger partial charge in [-0.05, 0) is 91.8 Å². The van der Waals surface area contributed by atoms with Gasteiger partial charge in [0.15, 0.2) is 17.3 Å². The van der Waals surface area contributed by atoms with Gasteiger partial charge >= 0.3 is 0 Å². The van der Waals surface area contributed by atoms with E-state index in [1.807, 2.05) is 43.3 Å². The highest BCUT2D eigenvalue weighted by Gasteiger charge is 2.38. The number of fused-ring (bicyclic) bond motifs is 1. The van der Waals surface area contributed by atoms with Gasteiger partial charge in [-0.1, -0.05) is 12.1 Å². The first-order chi connectivity index (χ1) is 22.8. The number of ether oxygens (including phenoxy) is 2. The molecule has 1 N–H and O–H groups in total. The van der Waals surface area contributed by atoms with Crippen LogP contribution in [0.25, 0.3) is 0 Å². The Bertz CT molecular complexity index is 1600. The van der Waals surface area contributed by atoms with Crippen LogP contribution in [0.15, 0.2) is 48.8 Å². The van der Waals surface area contributed by atoms with Crippen molar-refractivity contribution in [2.24, 2.45) is 5.92 Å².